The molecule has 3 aromatic rings. The van der Waals surface area contributed by atoms with Crippen LogP contribution in [0, 0.1) is 0 Å². The lowest BCUT2D eigenvalue weighted by molar-refractivity contribution is 0.0949. The van der Waals surface area contributed by atoms with Crippen molar-refractivity contribution >= 4 is 12.1 Å². The zero-order valence-corrected chi connectivity index (χ0v) is 17.1. The second kappa shape index (κ2) is 7.66. The molecule has 1 aliphatic rings. The molecule has 148 valence electrons. The monoisotopic (exact) mass is 386 g/mol. The maximum absolute atomic E-state index is 12.7. The minimum atomic E-state index is -0.264. The van der Waals surface area contributed by atoms with Crippen LogP contribution in [0.5, 0.6) is 0 Å². The molecule has 1 aliphatic carbocycles. The Hall–Kier alpha value is -3.21. The first-order chi connectivity index (χ1) is 13.9. The molecule has 4 rings (SSSR count). The number of carbonyl (C=O) groups is 1. The van der Waals surface area contributed by atoms with Gasteiger partial charge in [-0.2, -0.15) is 10.2 Å². The van der Waals surface area contributed by atoms with E-state index in [2.05, 4.69) is 48.5 Å². The van der Waals surface area contributed by atoms with Crippen molar-refractivity contribution < 1.29 is 4.79 Å². The molecule has 29 heavy (non-hydrogen) atoms. The molecule has 1 aromatic heterocycles. The van der Waals surface area contributed by atoms with Crippen LogP contribution in [0.25, 0.3) is 5.69 Å². The topological polar surface area (TPSA) is 59.3 Å². The number of hydrogen-bond donors (Lipinski definition) is 1. The smallest absolute Gasteiger partial charge is 0.265 e. The SMILES string of the molecule is CC(C)(C)c1ccc(/C=N/NC(=O)c2nn(-c3ccccc3)c3c2CCC3)cc1. The predicted octanol–water partition coefficient (Wildman–Crippen LogP) is 4.42. The number of benzene rings is 2. The van der Waals surface area contributed by atoms with Crippen LogP contribution in [-0.4, -0.2) is 21.9 Å². The molecular formula is C24H26N4O. The van der Waals surface area contributed by atoms with Crippen molar-refractivity contribution in [1.29, 1.82) is 0 Å². The molecule has 1 heterocycles. The van der Waals surface area contributed by atoms with E-state index in [1.165, 1.54) is 5.56 Å². The number of hydrogen-bond acceptors (Lipinski definition) is 3. The van der Waals surface area contributed by atoms with Gasteiger partial charge in [0.15, 0.2) is 5.69 Å². The maximum atomic E-state index is 12.7. The van der Waals surface area contributed by atoms with Crippen molar-refractivity contribution in [2.45, 2.75) is 45.4 Å². The molecule has 0 atom stereocenters. The molecule has 0 spiro atoms. The van der Waals surface area contributed by atoms with E-state index in [1.807, 2.05) is 47.1 Å². The Bertz CT molecular complexity index is 1040. The fraction of sp³-hybridized carbons (Fsp3) is 0.292. The normalized spacial score (nSPS) is 13.6. The summed E-state index contributed by atoms with van der Waals surface area (Å²) in [6, 6.07) is 18.2. The highest BCUT2D eigenvalue weighted by atomic mass is 16.2. The van der Waals surface area contributed by atoms with Crippen molar-refractivity contribution in [3.63, 3.8) is 0 Å². The number of fused-ring (bicyclic) bond motifs is 1. The molecule has 2 aromatic carbocycles. The zero-order chi connectivity index (χ0) is 20.4. The Labute approximate surface area is 171 Å². The van der Waals surface area contributed by atoms with Gasteiger partial charge in [0.1, 0.15) is 0 Å². The second-order valence-electron chi connectivity index (χ2n) is 8.45. The molecule has 1 amide bonds. The van der Waals surface area contributed by atoms with Crippen LogP contribution in [0.15, 0.2) is 59.7 Å². The number of amides is 1. The number of rotatable bonds is 4. The molecule has 0 saturated carbocycles. The number of nitrogens with zero attached hydrogens (tertiary/aromatic N) is 3. The van der Waals surface area contributed by atoms with E-state index in [4.69, 9.17) is 0 Å². The second-order valence-corrected chi connectivity index (χ2v) is 8.45. The first-order valence-electron chi connectivity index (χ1n) is 10.0. The molecule has 5 heteroatoms. The molecule has 1 N–H and O–H groups in total. The van der Waals surface area contributed by atoms with Crippen molar-refractivity contribution in [2.75, 3.05) is 0 Å². The largest absolute Gasteiger partial charge is 0.292 e. The van der Waals surface area contributed by atoms with E-state index >= 15 is 0 Å². The fourth-order valence-electron chi connectivity index (χ4n) is 3.69. The summed E-state index contributed by atoms with van der Waals surface area (Å²) >= 11 is 0. The third kappa shape index (κ3) is 3.99. The van der Waals surface area contributed by atoms with Crippen LogP contribution in [-0.2, 0) is 18.3 Å². The van der Waals surface area contributed by atoms with E-state index in [-0.39, 0.29) is 11.3 Å². The highest BCUT2D eigenvalue weighted by Gasteiger charge is 2.26. The van der Waals surface area contributed by atoms with Crippen LogP contribution in [0.2, 0.25) is 0 Å². The predicted molar refractivity (Wildman–Crippen MR) is 116 cm³/mol. The van der Waals surface area contributed by atoms with Gasteiger partial charge in [0.2, 0.25) is 0 Å². The van der Waals surface area contributed by atoms with Gasteiger partial charge < -0.3 is 0 Å². The van der Waals surface area contributed by atoms with Gasteiger partial charge in [0.25, 0.3) is 5.91 Å². The van der Waals surface area contributed by atoms with Crippen molar-refractivity contribution in [2.24, 2.45) is 5.10 Å². The third-order valence-corrected chi connectivity index (χ3v) is 5.30. The van der Waals surface area contributed by atoms with Crippen LogP contribution in [0.3, 0.4) is 0 Å². The lowest BCUT2D eigenvalue weighted by Gasteiger charge is -2.18. The summed E-state index contributed by atoms with van der Waals surface area (Å²) in [7, 11) is 0. The number of carbonyl (C=O) groups excluding carboxylic acids is 1. The van der Waals surface area contributed by atoms with Crippen LogP contribution in [0.1, 0.15) is 60.1 Å². The average molecular weight is 386 g/mol. The Morgan fingerprint density at radius 3 is 2.48 bits per heavy atom. The minimum absolute atomic E-state index is 0.113. The number of para-hydroxylation sites is 1. The lowest BCUT2D eigenvalue weighted by atomic mass is 9.87. The summed E-state index contributed by atoms with van der Waals surface area (Å²) < 4.78 is 1.90. The van der Waals surface area contributed by atoms with Crippen molar-refractivity contribution in [1.82, 2.24) is 15.2 Å². The molecular weight excluding hydrogens is 360 g/mol. The van der Waals surface area contributed by atoms with Gasteiger partial charge in [-0.15, -0.1) is 0 Å². The molecule has 5 nitrogen and oxygen atoms in total. The Morgan fingerprint density at radius 1 is 1.07 bits per heavy atom. The van der Waals surface area contributed by atoms with E-state index in [0.717, 1.165) is 41.8 Å². The van der Waals surface area contributed by atoms with E-state index in [1.54, 1.807) is 6.21 Å². The number of nitrogens with one attached hydrogen (secondary N) is 1. The van der Waals surface area contributed by atoms with E-state index in [0.29, 0.717) is 5.69 Å². The molecule has 0 fully saturated rings. The van der Waals surface area contributed by atoms with Crippen LogP contribution < -0.4 is 5.43 Å². The van der Waals surface area contributed by atoms with Crippen LogP contribution >= 0.6 is 0 Å². The first-order valence-corrected chi connectivity index (χ1v) is 10.0. The minimum Gasteiger partial charge on any atom is -0.265 e. The molecule has 0 radical (unpaired) electrons. The van der Waals surface area contributed by atoms with Gasteiger partial charge in [-0.25, -0.2) is 10.1 Å². The van der Waals surface area contributed by atoms with Gasteiger partial charge in [0, 0.05) is 11.3 Å². The standard InChI is InChI=1S/C24H26N4O/c1-24(2,3)18-14-12-17(13-15-18)16-25-26-23(29)22-20-10-7-11-21(20)28(27-22)19-8-5-4-6-9-19/h4-6,8-9,12-16H,7,10-11H2,1-3H3,(H,26,29)/b25-16+. The Balaban J connectivity index is 1.50. The summed E-state index contributed by atoms with van der Waals surface area (Å²) in [6.07, 6.45) is 4.53. The Morgan fingerprint density at radius 2 is 1.79 bits per heavy atom. The quantitative estimate of drug-likeness (QED) is 0.533. The van der Waals surface area contributed by atoms with Gasteiger partial charge in [0.05, 0.1) is 11.9 Å². The third-order valence-electron chi connectivity index (χ3n) is 5.30. The van der Waals surface area contributed by atoms with Gasteiger partial charge in [-0.1, -0.05) is 63.2 Å². The zero-order valence-electron chi connectivity index (χ0n) is 17.1. The molecule has 0 aliphatic heterocycles. The summed E-state index contributed by atoms with van der Waals surface area (Å²) in [5.74, 6) is -0.264. The summed E-state index contributed by atoms with van der Waals surface area (Å²) in [5.41, 5.74) is 8.58. The fourth-order valence-corrected chi connectivity index (χ4v) is 3.69. The van der Waals surface area contributed by atoms with Gasteiger partial charge in [-0.3, -0.25) is 4.79 Å². The van der Waals surface area contributed by atoms with E-state index < -0.39 is 0 Å². The summed E-state index contributed by atoms with van der Waals surface area (Å²) in [6.45, 7) is 6.55. The highest BCUT2D eigenvalue weighted by Crippen LogP contribution is 2.27. The maximum Gasteiger partial charge on any atom is 0.292 e. The molecule has 0 bridgehead atoms. The van der Waals surface area contributed by atoms with Crippen molar-refractivity contribution in [3.05, 3.63) is 82.7 Å². The highest BCUT2D eigenvalue weighted by molar-refractivity contribution is 5.95. The molecule has 0 saturated heterocycles. The van der Waals surface area contributed by atoms with E-state index in [9.17, 15) is 4.79 Å². The molecule has 0 unspecified atom stereocenters. The van der Waals surface area contributed by atoms with Gasteiger partial charge in [-0.05, 0) is 47.9 Å². The average Bonchev–Trinajstić information content (AvgIpc) is 3.31. The summed E-state index contributed by atoms with van der Waals surface area (Å²) in [4.78, 5) is 12.7. The Kier molecular flexibility index (Phi) is 5.05. The van der Waals surface area contributed by atoms with Gasteiger partial charge >= 0.3 is 0 Å². The lowest BCUT2D eigenvalue weighted by Crippen LogP contribution is -2.20. The number of aromatic nitrogens is 2. The number of hydrazone groups is 1. The van der Waals surface area contributed by atoms with Crippen molar-refractivity contribution in [3.8, 4) is 5.69 Å². The first kappa shape index (κ1) is 19.1. The summed E-state index contributed by atoms with van der Waals surface area (Å²) in [5, 5.41) is 8.74. The van der Waals surface area contributed by atoms with Crippen LogP contribution in [0.4, 0.5) is 0 Å².